The van der Waals surface area contributed by atoms with E-state index >= 15 is 0 Å². The third kappa shape index (κ3) is 4.29. The number of pyridine rings is 1. The fourth-order valence-electron chi connectivity index (χ4n) is 1.92. The van der Waals surface area contributed by atoms with Crippen LogP contribution in [0.1, 0.15) is 18.5 Å². The minimum Gasteiger partial charge on any atom is -0.264 e. The van der Waals surface area contributed by atoms with Crippen molar-refractivity contribution in [1.29, 1.82) is 0 Å². The SMILES string of the molecule is C[C@@H](NS(=O)(=O)c1cc(S(C)(=O)=O)ccc1Cl)c1cccnc1. The molecule has 1 aromatic heterocycles. The van der Waals surface area contributed by atoms with Crippen molar-refractivity contribution in [2.24, 2.45) is 0 Å². The first kappa shape index (κ1) is 17.9. The van der Waals surface area contributed by atoms with E-state index in [4.69, 9.17) is 11.6 Å². The predicted molar refractivity (Wildman–Crippen MR) is 87.5 cm³/mol. The Balaban J connectivity index is 2.40. The maximum atomic E-state index is 12.5. The van der Waals surface area contributed by atoms with Gasteiger partial charge < -0.3 is 0 Å². The van der Waals surface area contributed by atoms with Crippen molar-refractivity contribution in [2.75, 3.05) is 6.26 Å². The summed E-state index contributed by atoms with van der Waals surface area (Å²) in [6, 6.07) is 6.44. The molecule has 9 heteroatoms. The highest BCUT2D eigenvalue weighted by molar-refractivity contribution is 7.91. The molecule has 0 aliphatic carbocycles. The molecule has 23 heavy (non-hydrogen) atoms. The number of hydrogen-bond donors (Lipinski definition) is 1. The molecule has 0 aliphatic heterocycles. The van der Waals surface area contributed by atoms with Gasteiger partial charge in [-0.25, -0.2) is 21.6 Å². The average molecular weight is 375 g/mol. The number of aromatic nitrogens is 1. The lowest BCUT2D eigenvalue weighted by molar-refractivity contribution is 0.566. The minimum absolute atomic E-state index is 0.0525. The smallest absolute Gasteiger partial charge is 0.242 e. The van der Waals surface area contributed by atoms with Crippen LogP contribution in [0.15, 0.2) is 52.5 Å². The Hall–Kier alpha value is -1.48. The summed E-state index contributed by atoms with van der Waals surface area (Å²) in [5, 5.41) is -0.0525. The number of sulfonamides is 1. The van der Waals surface area contributed by atoms with E-state index in [2.05, 4.69) is 9.71 Å². The number of nitrogens with one attached hydrogen (secondary N) is 1. The summed E-state index contributed by atoms with van der Waals surface area (Å²) >= 11 is 5.93. The maximum absolute atomic E-state index is 12.5. The van der Waals surface area contributed by atoms with Crippen molar-refractivity contribution >= 4 is 31.5 Å². The molecule has 0 saturated heterocycles. The van der Waals surface area contributed by atoms with Gasteiger partial charge in [0.2, 0.25) is 10.0 Å². The molecule has 124 valence electrons. The zero-order valence-corrected chi connectivity index (χ0v) is 14.8. The minimum atomic E-state index is -4.00. The van der Waals surface area contributed by atoms with E-state index < -0.39 is 25.9 Å². The Morgan fingerprint density at radius 3 is 2.43 bits per heavy atom. The fourth-order valence-corrected chi connectivity index (χ4v) is 4.40. The number of benzene rings is 1. The van der Waals surface area contributed by atoms with Crippen LogP contribution in [0.4, 0.5) is 0 Å². The van der Waals surface area contributed by atoms with E-state index in [1.54, 1.807) is 31.5 Å². The Morgan fingerprint density at radius 1 is 1.17 bits per heavy atom. The molecule has 2 rings (SSSR count). The third-order valence-corrected chi connectivity index (χ3v) is 6.27. The summed E-state index contributed by atoms with van der Waals surface area (Å²) in [6.45, 7) is 1.66. The van der Waals surface area contributed by atoms with Crippen molar-refractivity contribution in [3.63, 3.8) is 0 Å². The highest BCUT2D eigenvalue weighted by Gasteiger charge is 2.23. The van der Waals surface area contributed by atoms with Crippen molar-refractivity contribution in [3.05, 3.63) is 53.3 Å². The number of nitrogens with zero attached hydrogens (tertiary/aromatic N) is 1. The van der Waals surface area contributed by atoms with Crippen molar-refractivity contribution in [1.82, 2.24) is 9.71 Å². The predicted octanol–water partition coefficient (Wildman–Crippen LogP) is 2.18. The molecular weight excluding hydrogens is 360 g/mol. The van der Waals surface area contributed by atoms with Crippen molar-refractivity contribution in [3.8, 4) is 0 Å². The highest BCUT2D eigenvalue weighted by Crippen LogP contribution is 2.26. The second-order valence-corrected chi connectivity index (χ2v) is 9.10. The van der Waals surface area contributed by atoms with E-state index in [1.165, 1.54) is 12.1 Å². The summed E-state index contributed by atoms with van der Waals surface area (Å²) < 4.78 is 50.7. The second-order valence-electron chi connectivity index (χ2n) is 4.99. The first-order valence-electron chi connectivity index (χ1n) is 6.53. The average Bonchev–Trinajstić information content (AvgIpc) is 2.46. The molecule has 0 radical (unpaired) electrons. The van der Waals surface area contributed by atoms with Crippen LogP contribution in [-0.4, -0.2) is 28.1 Å². The van der Waals surface area contributed by atoms with Crippen LogP contribution in [-0.2, 0) is 19.9 Å². The molecule has 0 saturated carbocycles. The Morgan fingerprint density at radius 2 is 1.87 bits per heavy atom. The largest absolute Gasteiger partial charge is 0.264 e. The molecule has 2 aromatic rings. The molecule has 0 spiro atoms. The lowest BCUT2D eigenvalue weighted by atomic mass is 10.2. The first-order chi connectivity index (χ1) is 10.6. The number of sulfone groups is 1. The van der Waals surface area contributed by atoms with Gasteiger partial charge in [-0.15, -0.1) is 0 Å². The third-order valence-electron chi connectivity index (χ3n) is 3.14. The normalized spacial score (nSPS) is 13.7. The van der Waals surface area contributed by atoms with Crippen LogP contribution >= 0.6 is 11.6 Å². The number of halogens is 1. The molecule has 6 nitrogen and oxygen atoms in total. The summed E-state index contributed by atoms with van der Waals surface area (Å²) in [5.41, 5.74) is 0.673. The summed E-state index contributed by atoms with van der Waals surface area (Å²) in [7, 11) is -7.54. The van der Waals surface area contributed by atoms with Crippen molar-refractivity contribution < 1.29 is 16.8 Å². The van der Waals surface area contributed by atoms with Crippen LogP contribution < -0.4 is 4.72 Å². The maximum Gasteiger partial charge on any atom is 0.242 e. The molecule has 0 bridgehead atoms. The van der Waals surface area contributed by atoms with Crippen LogP contribution in [0.25, 0.3) is 0 Å². The van der Waals surface area contributed by atoms with Gasteiger partial charge in [-0.3, -0.25) is 4.98 Å². The fraction of sp³-hybridized carbons (Fsp3) is 0.214. The molecule has 1 heterocycles. The Bertz CT molecular complexity index is 913. The van der Waals surface area contributed by atoms with Gasteiger partial charge in [0.25, 0.3) is 0 Å². The molecule has 0 fully saturated rings. The summed E-state index contributed by atoms with van der Waals surface area (Å²) in [5.74, 6) is 0. The molecule has 0 amide bonds. The van der Waals surface area contributed by atoms with Gasteiger partial charge in [-0.05, 0) is 36.8 Å². The van der Waals surface area contributed by atoms with Gasteiger partial charge in [-0.1, -0.05) is 17.7 Å². The van der Waals surface area contributed by atoms with E-state index in [9.17, 15) is 16.8 Å². The summed E-state index contributed by atoms with van der Waals surface area (Å²) in [6.07, 6.45) is 4.12. The summed E-state index contributed by atoms with van der Waals surface area (Å²) in [4.78, 5) is 3.54. The topological polar surface area (TPSA) is 93.2 Å². The van der Waals surface area contributed by atoms with Gasteiger partial charge in [0.1, 0.15) is 4.90 Å². The lowest BCUT2D eigenvalue weighted by Gasteiger charge is -2.15. The molecule has 0 unspecified atom stereocenters. The quantitative estimate of drug-likeness (QED) is 0.865. The van der Waals surface area contributed by atoms with Crippen LogP contribution in [0.3, 0.4) is 0 Å². The lowest BCUT2D eigenvalue weighted by Crippen LogP contribution is -2.27. The first-order valence-corrected chi connectivity index (χ1v) is 10.3. The molecular formula is C14H15ClN2O4S2. The van der Waals surface area contributed by atoms with E-state index in [1.807, 2.05) is 0 Å². The van der Waals surface area contributed by atoms with Crippen LogP contribution in [0.5, 0.6) is 0 Å². The molecule has 1 atom stereocenters. The van der Waals surface area contributed by atoms with Crippen LogP contribution in [0.2, 0.25) is 5.02 Å². The number of hydrogen-bond acceptors (Lipinski definition) is 5. The Kier molecular flexibility index (Phi) is 5.10. The molecule has 1 aromatic carbocycles. The zero-order valence-electron chi connectivity index (χ0n) is 12.4. The number of rotatable bonds is 5. The standard InChI is InChI=1S/C14H15ClN2O4S2/c1-10(11-4-3-7-16-9-11)17-23(20,21)14-8-12(22(2,18)19)5-6-13(14)15/h3-10,17H,1-2H3/t10-/m1/s1. The molecule has 1 N–H and O–H groups in total. The van der Waals surface area contributed by atoms with Gasteiger partial charge >= 0.3 is 0 Å². The zero-order chi connectivity index (χ0) is 17.3. The van der Waals surface area contributed by atoms with Gasteiger partial charge in [-0.2, -0.15) is 0 Å². The Labute approximate surface area is 140 Å². The van der Waals surface area contributed by atoms with Gasteiger partial charge in [0.05, 0.1) is 9.92 Å². The van der Waals surface area contributed by atoms with Crippen LogP contribution in [0, 0.1) is 0 Å². The van der Waals surface area contributed by atoms with Crippen molar-refractivity contribution in [2.45, 2.75) is 22.8 Å². The van der Waals surface area contributed by atoms with Gasteiger partial charge in [0, 0.05) is 24.7 Å². The van der Waals surface area contributed by atoms with Gasteiger partial charge in [0.15, 0.2) is 9.84 Å². The molecule has 0 aliphatic rings. The monoisotopic (exact) mass is 374 g/mol. The van der Waals surface area contributed by atoms with E-state index in [0.29, 0.717) is 5.56 Å². The highest BCUT2D eigenvalue weighted by atomic mass is 35.5. The van der Waals surface area contributed by atoms with E-state index in [-0.39, 0.29) is 14.8 Å². The van der Waals surface area contributed by atoms with E-state index in [0.717, 1.165) is 12.3 Å². The second kappa shape index (κ2) is 6.56.